The van der Waals surface area contributed by atoms with Crippen LogP contribution in [0.5, 0.6) is 5.75 Å². The van der Waals surface area contributed by atoms with E-state index in [-0.39, 0.29) is 29.3 Å². The number of primary amides is 1. The molecule has 1 fully saturated rings. The van der Waals surface area contributed by atoms with Crippen molar-refractivity contribution in [2.24, 2.45) is 5.73 Å². The zero-order chi connectivity index (χ0) is 31.8. The average molecular weight is 647 g/mol. The van der Waals surface area contributed by atoms with Crippen LogP contribution in [0, 0.1) is 11.6 Å². The minimum absolute atomic E-state index is 0.0412. The molecule has 11 nitrogen and oxygen atoms in total. The number of rotatable bonds is 10. The summed E-state index contributed by atoms with van der Waals surface area (Å²) in [6.07, 6.45) is 5.70. The Morgan fingerprint density at radius 3 is 2.74 bits per heavy atom. The van der Waals surface area contributed by atoms with Gasteiger partial charge in [0.2, 0.25) is 5.82 Å². The molecule has 2 aromatic carbocycles. The highest BCUT2D eigenvalue weighted by atomic mass is 35.5. The molecular weight excluding hydrogens is 618 g/mol. The third kappa shape index (κ3) is 6.21. The second-order valence-corrected chi connectivity index (χ2v) is 11.7. The minimum atomic E-state index is -0.704. The highest BCUT2D eigenvalue weighted by Gasteiger charge is 2.24. The van der Waals surface area contributed by atoms with Gasteiger partial charge in [-0.25, -0.2) is 13.8 Å². The topological polar surface area (TPSA) is 137 Å². The summed E-state index contributed by atoms with van der Waals surface area (Å²) < 4.78 is 42.3. The molecule has 0 radical (unpaired) electrons. The largest absolute Gasteiger partial charge is 0.486 e. The number of nitrogens with one attached hydrogen (secondary N) is 1. The standard InChI is InChI=1S/C32H29ClF2N8O3/c33-21-3-1-20(24(35)12-21)17-46-28-11-19(2-4-23(28)34)18-5-8-42(9-6-18)16-29-38-25-13-26(31-39-32(30(36)44)41-40-31)37-14-27(25)43(29)15-22-7-10-45-22/h1-5,11-14,22H,6-10,15-17H2,(H2,36,44)(H,39,40,41)/t22-/m0/s1. The van der Waals surface area contributed by atoms with Crippen LogP contribution in [0.4, 0.5) is 8.78 Å². The quantitative estimate of drug-likeness (QED) is 0.219. The van der Waals surface area contributed by atoms with Gasteiger partial charge in [-0.2, -0.15) is 0 Å². The molecule has 1 atom stereocenters. The molecular formula is C32H29ClF2N8O3. The second kappa shape index (κ2) is 12.6. The monoisotopic (exact) mass is 646 g/mol. The Balaban J connectivity index is 1.07. The number of hydrogen-bond donors (Lipinski definition) is 2. The van der Waals surface area contributed by atoms with Crippen LogP contribution in [-0.2, 0) is 24.4 Å². The van der Waals surface area contributed by atoms with E-state index in [0.717, 1.165) is 54.0 Å². The number of nitrogens with two attached hydrogens (primary N) is 1. The van der Waals surface area contributed by atoms with Crippen molar-refractivity contribution in [3.05, 3.63) is 94.2 Å². The number of hydrogen-bond acceptors (Lipinski definition) is 8. The number of pyridine rings is 1. The fourth-order valence-corrected chi connectivity index (χ4v) is 5.73. The van der Waals surface area contributed by atoms with Crippen molar-refractivity contribution in [1.82, 2.24) is 34.6 Å². The Bertz CT molecular complexity index is 1970. The highest BCUT2D eigenvalue weighted by molar-refractivity contribution is 6.30. The number of nitrogens with zero attached hydrogens (tertiary/aromatic N) is 6. The maximum Gasteiger partial charge on any atom is 0.286 e. The number of imidazole rings is 1. The van der Waals surface area contributed by atoms with Gasteiger partial charge in [0.05, 0.1) is 36.4 Å². The lowest BCUT2D eigenvalue weighted by molar-refractivity contribution is -0.0591. The molecule has 3 aromatic heterocycles. The number of aromatic nitrogens is 6. The summed E-state index contributed by atoms with van der Waals surface area (Å²) in [5, 5.41) is 8.06. The number of aromatic amines is 1. The number of carbonyl (C=O) groups excluding carboxylic acids is 1. The summed E-state index contributed by atoms with van der Waals surface area (Å²) in [6.45, 7) is 3.31. The predicted octanol–water partition coefficient (Wildman–Crippen LogP) is 4.90. The summed E-state index contributed by atoms with van der Waals surface area (Å²) in [5.41, 5.74) is 9.63. The number of H-pyrrole nitrogens is 1. The first-order valence-corrected chi connectivity index (χ1v) is 15.2. The van der Waals surface area contributed by atoms with Crippen LogP contribution >= 0.6 is 11.6 Å². The van der Waals surface area contributed by atoms with Crippen LogP contribution in [0.1, 0.15) is 40.4 Å². The fraction of sp³-hybridized carbons (Fsp3) is 0.281. The molecule has 0 saturated carbocycles. The van der Waals surface area contributed by atoms with E-state index in [2.05, 4.69) is 35.7 Å². The molecule has 0 unspecified atom stereocenters. The SMILES string of the molecule is NC(=O)c1nnc(-c2cc3nc(CN4CC=C(c5ccc(F)c(OCc6ccc(Cl)cc6F)c5)CC4)n(C[C@@H]4CCO4)c3cn2)[nH]1. The van der Waals surface area contributed by atoms with Crippen molar-refractivity contribution in [3.63, 3.8) is 0 Å². The van der Waals surface area contributed by atoms with Gasteiger partial charge >= 0.3 is 0 Å². The molecule has 3 N–H and O–H groups in total. The predicted molar refractivity (Wildman–Crippen MR) is 166 cm³/mol. The Kier molecular flexibility index (Phi) is 8.20. The van der Waals surface area contributed by atoms with Crippen LogP contribution < -0.4 is 10.5 Å². The molecule has 46 heavy (non-hydrogen) atoms. The molecule has 14 heteroatoms. The Morgan fingerprint density at radius 1 is 1.15 bits per heavy atom. The molecule has 1 amide bonds. The molecule has 5 heterocycles. The zero-order valence-electron chi connectivity index (χ0n) is 24.5. The summed E-state index contributed by atoms with van der Waals surface area (Å²) in [4.78, 5) is 26.0. The van der Waals surface area contributed by atoms with E-state index in [1.807, 2.05) is 6.07 Å². The first-order valence-electron chi connectivity index (χ1n) is 14.8. The molecule has 2 aliphatic heterocycles. The maximum atomic E-state index is 14.6. The van der Waals surface area contributed by atoms with E-state index in [9.17, 15) is 13.6 Å². The third-order valence-electron chi connectivity index (χ3n) is 8.21. The van der Waals surface area contributed by atoms with Crippen LogP contribution in [0.15, 0.2) is 54.7 Å². The number of ether oxygens (including phenoxy) is 2. The van der Waals surface area contributed by atoms with Crippen molar-refractivity contribution >= 4 is 34.1 Å². The zero-order valence-corrected chi connectivity index (χ0v) is 25.3. The molecule has 0 bridgehead atoms. The van der Waals surface area contributed by atoms with Gasteiger partial charge in [-0.1, -0.05) is 29.8 Å². The van der Waals surface area contributed by atoms with Crippen LogP contribution in [0.25, 0.3) is 28.1 Å². The number of halogens is 3. The number of amides is 1. The van der Waals surface area contributed by atoms with E-state index in [4.69, 9.17) is 31.8 Å². The van der Waals surface area contributed by atoms with Gasteiger partial charge in [0, 0.05) is 30.3 Å². The Morgan fingerprint density at radius 2 is 2.02 bits per heavy atom. The fourth-order valence-electron chi connectivity index (χ4n) is 5.57. The van der Waals surface area contributed by atoms with Gasteiger partial charge in [-0.15, -0.1) is 10.2 Å². The van der Waals surface area contributed by atoms with Gasteiger partial charge in [-0.3, -0.25) is 14.7 Å². The van der Waals surface area contributed by atoms with Crippen molar-refractivity contribution in [2.45, 2.75) is 38.6 Å². The third-order valence-corrected chi connectivity index (χ3v) is 8.45. The normalized spacial score (nSPS) is 16.8. The van der Waals surface area contributed by atoms with E-state index in [1.54, 1.807) is 24.4 Å². The molecule has 1 saturated heterocycles. The van der Waals surface area contributed by atoms with Gasteiger partial charge < -0.3 is 24.8 Å². The van der Waals surface area contributed by atoms with Gasteiger partial charge in [0.1, 0.15) is 23.9 Å². The maximum absolute atomic E-state index is 14.6. The van der Waals surface area contributed by atoms with Gasteiger partial charge in [0.15, 0.2) is 17.4 Å². The van der Waals surface area contributed by atoms with Crippen molar-refractivity contribution < 1.29 is 23.0 Å². The molecule has 236 valence electrons. The Hall–Kier alpha value is -4.72. The number of carbonyl (C=O) groups is 1. The summed E-state index contributed by atoms with van der Waals surface area (Å²) >= 11 is 5.83. The van der Waals surface area contributed by atoms with E-state index >= 15 is 0 Å². The number of fused-ring (bicyclic) bond motifs is 1. The lowest BCUT2D eigenvalue weighted by Crippen LogP contribution is -2.33. The van der Waals surface area contributed by atoms with Gasteiger partial charge in [-0.05, 0) is 54.3 Å². The second-order valence-electron chi connectivity index (χ2n) is 11.2. The summed E-state index contributed by atoms with van der Waals surface area (Å²) in [5.74, 6) is -0.493. The molecule has 7 rings (SSSR count). The molecule has 0 spiro atoms. The first-order chi connectivity index (χ1) is 22.3. The van der Waals surface area contributed by atoms with Crippen LogP contribution in [0.2, 0.25) is 5.02 Å². The van der Waals surface area contributed by atoms with E-state index in [1.165, 1.54) is 18.2 Å². The lowest BCUT2D eigenvalue weighted by Gasteiger charge is -2.29. The minimum Gasteiger partial charge on any atom is -0.486 e. The Labute approximate surface area is 267 Å². The van der Waals surface area contributed by atoms with Crippen LogP contribution in [-0.4, -0.2) is 66.3 Å². The smallest absolute Gasteiger partial charge is 0.286 e. The highest BCUT2D eigenvalue weighted by Crippen LogP contribution is 2.30. The molecule has 5 aromatic rings. The lowest BCUT2D eigenvalue weighted by atomic mass is 9.99. The van der Waals surface area contributed by atoms with Crippen molar-refractivity contribution in [3.8, 4) is 17.3 Å². The molecule has 0 aliphatic carbocycles. The average Bonchev–Trinajstić information content (AvgIpc) is 3.65. The summed E-state index contributed by atoms with van der Waals surface area (Å²) in [6, 6.07) is 10.9. The van der Waals surface area contributed by atoms with Crippen molar-refractivity contribution in [2.75, 3.05) is 19.7 Å². The van der Waals surface area contributed by atoms with Crippen molar-refractivity contribution in [1.29, 1.82) is 0 Å². The summed E-state index contributed by atoms with van der Waals surface area (Å²) in [7, 11) is 0. The number of benzene rings is 2. The van der Waals surface area contributed by atoms with Crippen LogP contribution in [0.3, 0.4) is 0 Å². The first kappa shape index (κ1) is 30.0. The van der Waals surface area contributed by atoms with E-state index < -0.39 is 17.5 Å². The van der Waals surface area contributed by atoms with Gasteiger partial charge in [0.25, 0.3) is 5.91 Å². The molecule has 2 aliphatic rings. The van der Waals surface area contributed by atoms with E-state index in [0.29, 0.717) is 36.7 Å².